The average molecular weight is 342 g/mol. The summed E-state index contributed by atoms with van der Waals surface area (Å²) >= 11 is 0. The Balaban J connectivity index is 2.37. The summed E-state index contributed by atoms with van der Waals surface area (Å²) in [6.45, 7) is 8.07. The largest absolute Gasteiger partial charge is 0.487 e. The zero-order valence-electron chi connectivity index (χ0n) is 14.8. The van der Waals surface area contributed by atoms with Crippen molar-refractivity contribution in [1.82, 2.24) is 0 Å². The van der Waals surface area contributed by atoms with E-state index in [1.807, 2.05) is 39.0 Å². The Morgan fingerprint density at radius 2 is 2.00 bits per heavy atom. The first-order chi connectivity index (χ1) is 11.8. The molecule has 0 unspecified atom stereocenters. The van der Waals surface area contributed by atoms with Gasteiger partial charge in [-0.2, -0.15) is 0 Å². The Morgan fingerprint density at radius 1 is 1.28 bits per heavy atom. The molecule has 2 aromatic rings. The Labute approximate surface area is 147 Å². The molecule has 6 nitrogen and oxygen atoms in total. The molecule has 6 heteroatoms. The SMILES string of the molecule is CCOc1ccc(C(=O)Nc2c(C)cccc2C(C)C)cc1[N+](=O)[O-]. The quantitative estimate of drug-likeness (QED) is 0.610. The van der Waals surface area contributed by atoms with Gasteiger partial charge in [-0.1, -0.05) is 32.0 Å². The fraction of sp³-hybridized carbons (Fsp3) is 0.316. The summed E-state index contributed by atoms with van der Waals surface area (Å²) < 4.78 is 5.25. The van der Waals surface area contributed by atoms with Crippen molar-refractivity contribution >= 4 is 17.3 Å². The number of rotatable bonds is 6. The van der Waals surface area contributed by atoms with E-state index in [2.05, 4.69) is 5.32 Å². The molecule has 0 atom stereocenters. The summed E-state index contributed by atoms with van der Waals surface area (Å²) in [6, 6.07) is 10.1. The van der Waals surface area contributed by atoms with Crippen LogP contribution in [-0.4, -0.2) is 17.4 Å². The first-order valence-electron chi connectivity index (χ1n) is 8.17. The minimum atomic E-state index is -0.547. The molecule has 132 valence electrons. The Morgan fingerprint density at radius 3 is 2.60 bits per heavy atom. The summed E-state index contributed by atoms with van der Waals surface area (Å²) in [7, 11) is 0. The van der Waals surface area contributed by atoms with Crippen molar-refractivity contribution in [3.05, 3.63) is 63.2 Å². The van der Waals surface area contributed by atoms with Crippen LogP contribution in [0.4, 0.5) is 11.4 Å². The second kappa shape index (κ2) is 7.79. The van der Waals surface area contributed by atoms with Crippen LogP contribution in [0, 0.1) is 17.0 Å². The van der Waals surface area contributed by atoms with Crippen LogP contribution in [-0.2, 0) is 0 Å². The van der Waals surface area contributed by atoms with Gasteiger partial charge in [0.05, 0.1) is 11.5 Å². The van der Waals surface area contributed by atoms with Crippen molar-refractivity contribution < 1.29 is 14.5 Å². The van der Waals surface area contributed by atoms with Gasteiger partial charge >= 0.3 is 5.69 Å². The van der Waals surface area contributed by atoms with Gasteiger partial charge in [-0.25, -0.2) is 0 Å². The number of nitrogens with zero attached hydrogens (tertiary/aromatic N) is 1. The van der Waals surface area contributed by atoms with Crippen LogP contribution >= 0.6 is 0 Å². The summed E-state index contributed by atoms with van der Waals surface area (Å²) in [6.07, 6.45) is 0. The molecule has 2 rings (SSSR count). The van der Waals surface area contributed by atoms with Crippen LogP contribution in [0.5, 0.6) is 5.75 Å². The lowest BCUT2D eigenvalue weighted by atomic mass is 9.98. The maximum absolute atomic E-state index is 12.6. The number of hydrogen-bond donors (Lipinski definition) is 1. The second-order valence-electron chi connectivity index (χ2n) is 6.02. The van der Waals surface area contributed by atoms with Gasteiger partial charge in [-0.15, -0.1) is 0 Å². The van der Waals surface area contributed by atoms with Crippen molar-refractivity contribution in [2.75, 3.05) is 11.9 Å². The molecule has 0 bridgehead atoms. The number of ether oxygens (including phenoxy) is 1. The number of benzene rings is 2. The van der Waals surface area contributed by atoms with Gasteiger partial charge in [0.15, 0.2) is 5.75 Å². The predicted octanol–water partition coefficient (Wildman–Crippen LogP) is 4.68. The van der Waals surface area contributed by atoms with E-state index in [0.717, 1.165) is 16.8 Å². The van der Waals surface area contributed by atoms with Crippen LogP contribution in [0.15, 0.2) is 36.4 Å². The van der Waals surface area contributed by atoms with Crippen molar-refractivity contribution in [3.63, 3.8) is 0 Å². The number of nitro benzene ring substituents is 1. The normalized spacial score (nSPS) is 10.6. The van der Waals surface area contributed by atoms with Gasteiger partial charge in [0.2, 0.25) is 0 Å². The first kappa shape index (κ1) is 18.4. The molecule has 0 aliphatic carbocycles. The molecule has 0 saturated carbocycles. The number of nitrogens with one attached hydrogen (secondary N) is 1. The van der Waals surface area contributed by atoms with Crippen molar-refractivity contribution in [3.8, 4) is 5.75 Å². The average Bonchev–Trinajstić information content (AvgIpc) is 2.56. The summed E-state index contributed by atoms with van der Waals surface area (Å²) in [5.41, 5.74) is 2.71. The molecule has 0 fully saturated rings. The Kier molecular flexibility index (Phi) is 5.75. The molecule has 2 aromatic carbocycles. The molecule has 0 saturated heterocycles. The predicted molar refractivity (Wildman–Crippen MR) is 97.5 cm³/mol. The molecule has 1 amide bonds. The van der Waals surface area contributed by atoms with Gasteiger partial charge in [0.25, 0.3) is 5.91 Å². The van der Waals surface area contributed by atoms with Gasteiger partial charge in [-0.3, -0.25) is 14.9 Å². The van der Waals surface area contributed by atoms with Crippen LogP contribution in [0.3, 0.4) is 0 Å². The van der Waals surface area contributed by atoms with Crippen LogP contribution in [0.25, 0.3) is 0 Å². The molecule has 0 heterocycles. The summed E-state index contributed by atoms with van der Waals surface area (Å²) in [5.74, 6) is 0.00928. The third-order valence-electron chi connectivity index (χ3n) is 3.88. The number of anilines is 1. The molecule has 0 aliphatic rings. The molecule has 0 aliphatic heterocycles. The Hall–Kier alpha value is -2.89. The third-order valence-corrected chi connectivity index (χ3v) is 3.88. The fourth-order valence-corrected chi connectivity index (χ4v) is 2.61. The van der Waals surface area contributed by atoms with E-state index < -0.39 is 4.92 Å². The molecule has 0 spiro atoms. The number of amides is 1. The Bertz CT molecular complexity index is 800. The molecular formula is C19H22N2O4. The standard InChI is InChI=1S/C19H22N2O4/c1-5-25-17-10-9-14(11-16(17)21(23)24)19(22)20-18-13(4)7-6-8-15(18)12(2)3/h6-12H,5H2,1-4H3,(H,20,22). The van der Waals surface area contributed by atoms with Crippen molar-refractivity contribution in [2.24, 2.45) is 0 Å². The van der Waals surface area contributed by atoms with Crippen LogP contribution < -0.4 is 10.1 Å². The molecule has 25 heavy (non-hydrogen) atoms. The highest BCUT2D eigenvalue weighted by Crippen LogP contribution is 2.30. The van der Waals surface area contributed by atoms with E-state index in [9.17, 15) is 14.9 Å². The molecule has 1 N–H and O–H groups in total. The number of nitro groups is 1. The zero-order chi connectivity index (χ0) is 18.6. The van der Waals surface area contributed by atoms with Gasteiger partial charge in [0.1, 0.15) is 0 Å². The van der Waals surface area contributed by atoms with Crippen molar-refractivity contribution in [2.45, 2.75) is 33.6 Å². The lowest BCUT2D eigenvalue weighted by Gasteiger charge is -2.16. The molecule has 0 aromatic heterocycles. The lowest BCUT2D eigenvalue weighted by Crippen LogP contribution is -2.15. The number of para-hydroxylation sites is 1. The van der Waals surface area contributed by atoms with E-state index in [1.165, 1.54) is 18.2 Å². The topological polar surface area (TPSA) is 81.5 Å². The number of carbonyl (C=O) groups is 1. The smallest absolute Gasteiger partial charge is 0.311 e. The van der Waals surface area contributed by atoms with Crippen LogP contribution in [0.1, 0.15) is 48.2 Å². The summed E-state index contributed by atoms with van der Waals surface area (Å²) in [4.78, 5) is 23.3. The van der Waals surface area contributed by atoms with E-state index in [1.54, 1.807) is 6.92 Å². The maximum atomic E-state index is 12.6. The zero-order valence-corrected chi connectivity index (χ0v) is 14.8. The minimum absolute atomic E-state index is 0.155. The van der Waals surface area contributed by atoms with Gasteiger partial charge < -0.3 is 10.1 Å². The van der Waals surface area contributed by atoms with Crippen LogP contribution in [0.2, 0.25) is 0 Å². The number of hydrogen-bond acceptors (Lipinski definition) is 4. The van der Waals surface area contributed by atoms with E-state index in [0.29, 0.717) is 6.61 Å². The highest BCUT2D eigenvalue weighted by molar-refractivity contribution is 6.05. The van der Waals surface area contributed by atoms with E-state index in [-0.39, 0.29) is 28.8 Å². The van der Waals surface area contributed by atoms with Gasteiger partial charge in [-0.05, 0) is 43.0 Å². The highest BCUT2D eigenvalue weighted by Gasteiger charge is 2.20. The monoisotopic (exact) mass is 342 g/mol. The highest BCUT2D eigenvalue weighted by atomic mass is 16.6. The van der Waals surface area contributed by atoms with E-state index >= 15 is 0 Å². The summed E-state index contributed by atoms with van der Waals surface area (Å²) in [5, 5.41) is 14.1. The maximum Gasteiger partial charge on any atom is 0.311 e. The number of carbonyl (C=O) groups excluding carboxylic acids is 1. The van der Waals surface area contributed by atoms with E-state index in [4.69, 9.17) is 4.74 Å². The first-order valence-corrected chi connectivity index (χ1v) is 8.17. The second-order valence-corrected chi connectivity index (χ2v) is 6.02. The minimum Gasteiger partial charge on any atom is -0.487 e. The number of aryl methyl sites for hydroxylation is 1. The third kappa shape index (κ3) is 4.15. The molecule has 0 radical (unpaired) electrons. The van der Waals surface area contributed by atoms with Crippen molar-refractivity contribution in [1.29, 1.82) is 0 Å². The fourth-order valence-electron chi connectivity index (χ4n) is 2.61. The lowest BCUT2D eigenvalue weighted by molar-refractivity contribution is -0.385. The van der Waals surface area contributed by atoms with Gasteiger partial charge in [0, 0.05) is 17.3 Å². The molecular weight excluding hydrogens is 320 g/mol.